The Bertz CT molecular complexity index is 1260. The molecule has 0 unspecified atom stereocenters. The van der Waals surface area contributed by atoms with E-state index in [-0.39, 0.29) is 34.4 Å². The van der Waals surface area contributed by atoms with Gasteiger partial charge in [-0.2, -0.15) is 0 Å². The average molecular weight is 499 g/mol. The molecule has 2 atom stereocenters. The topological polar surface area (TPSA) is 81.4 Å². The zero-order valence-electron chi connectivity index (χ0n) is 18.5. The molecule has 0 saturated carbocycles. The number of rotatable bonds is 7. The van der Waals surface area contributed by atoms with E-state index in [2.05, 4.69) is 16.3 Å². The number of para-hydroxylation sites is 2. The number of halogens is 1. The Morgan fingerprint density at radius 3 is 2.94 bits per heavy atom. The van der Waals surface area contributed by atoms with E-state index >= 15 is 0 Å². The summed E-state index contributed by atoms with van der Waals surface area (Å²) < 4.78 is 26.2. The number of aromatic nitrogens is 3. The van der Waals surface area contributed by atoms with E-state index in [1.807, 2.05) is 23.1 Å². The standard InChI is InChI=1S/C24H23FN4O3S2/c1-15(31-19-10-4-2-8-17(19)25)22-27-28-24(32-22)33-14-21(30)29-12-6-7-16(13-29)23-26-18-9-3-5-11-20(18)34-23/h2-5,8-11,15-16H,6-7,12-14H2,1H3/t15-,16+/m1/s1. The molecule has 7 nitrogen and oxygen atoms in total. The molecule has 1 aliphatic rings. The lowest BCUT2D eigenvalue weighted by molar-refractivity contribution is -0.129. The number of benzene rings is 2. The van der Waals surface area contributed by atoms with Crippen molar-refractivity contribution in [1.82, 2.24) is 20.1 Å². The number of thioether (sulfide) groups is 1. The van der Waals surface area contributed by atoms with Crippen LogP contribution in [-0.2, 0) is 4.79 Å². The minimum absolute atomic E-state index is 0.0335. The van der Waals surface area contributed by atoms with E-state index < -0.39 is 11.9 Å². The Labute approximate surface area is 204 Å². The third kappa shape index (κ3) is 5.07. The van der Waals surface area contributed by atoms with E-state index in [4.69, 9.17) is 14.1 Å². The summed E-state index contributed by atoms with van der Waals surface area (Å²) in [5, 5.41) is 9.37. The third-order valence-corrected chi connectivity index (χ3v) is 7.67. The first kappa shape index (κ1) is 22.8. The number of thiazole rings is 1. The summed E-state index contributed by atoms with van der Waals surface area (Å²) >= 11 is 2.91. The normalized spacial score (nSPS) is 17.1. The monoisotopic (exact) mass is 498 g/mol. The molecular weight excluding hydrogens is 475 g/mol. The number of ether oxygens (including phenoxy) is 1. The van der Waals surface area contributed by atoms with Crippen LogP contribution in [0.3, 0.4) is 0 Å². The van der Waals surface area contributed by atoms with Crippen molar-refractivity contribution in [3.63, 3.8) is 0 Å². The molecule has 0 N–H and O–H groups in total. The molecule has 10 heteroatoms. The predicted octanol–water partition coefficient (Wildman–Crippen LogP) is 5.46. The Balaban J connectivity index is 1.16. The number of likely N-dealkylation sites (tertiary alicyclic amines) is 1. The molecular formula is C24H23FN4O3S2. The Morgan fingerprint density at radius 1 is 1.26 bits per heavy atom. The first-order valence-corrected chi connectivity index (χ1v) is 12.9. The highest BCUT2D eigenvalue weighted by Crippen LogP contribution is 2.33. The summed E-state index contributed by atoms with van der Waals surface area (Å²) in [7, 11) is 0. The van der Waals surface area contributed by atoms with Gasteiger partial charge in [0.1, 0.15) is 0 Å². The molecule has 3 heterocycles. The molecule has 1 saturated heterocycles. The predicted molar refractivity (Wildman–Crippen MR) is 129 cm³/mol. The van der Waals surface area contributed by atoms with Gasteiger partial charge in [-0.1, -0.05) is 36.0 Å². The summed E-state index contributed by atoms with van der Waals surface area (Å²) in [6.07, 6.45) is 1.36. The zero-order valence-corrected chi connectivity index (χ0v) is 20.2. The molecule has 176 valence electrons. The minimum atomic E-state index is -0.619. The summed E-state index contributed by atoms with van der Waals surface area (Å²) in [4.78, 5) is 19.6. The fraction of sp³-hybridized carbons (Fsp3) is 0.333. The van der Waals surface area contributed by atoms with Crippen molar-refractivity contribution in [1.29, 1.82) is 0 Å². The van der Waals surface area contributed by atoms with E-state index in [0.717, 1.165) is 29.9 Å². The summed E-state index contributed by atoms with van der Waals surface area (Å²) in [6.45, 7) is 3.11. The summed E-state index contributed by atoms with van der Waals surface area (Å²) in [6, 6.07) is 14.3. The molecule has 1 aliphatic heterocycles. The second-order valence-corrected chi connectivity index (χ2v) is 10.1. The first-order valence-electron chi connectivity index (χ1n) is 11.1. The van der Waals surface area contributed by atoms with Crippen molar-refractivity contribution in [2.45, 2.75) is 37.0 Å². The maximum Gasteiger partial charge on any atom is 0.277 e. The van der Waals surface area contributed by atoms with Crippen LogP contribution in [0.5, 0.6) is 5.75 Å². The number of fused-ring (bicyclic) bond motifs is 1. The highest BCUT2D eigenvalue weighted by molar-refractivity contribution is 7.99. The average Bonchev–Trinajstić information content (AvgIpc) is 3.51. The second-order valence-electron chi connectivity index (χ2n) is 8.08. The molecule has 4 aromatic rings. The van der Waals surface area contributed by atoms with E-state index in [1.165, 1.54) is 28.6 Å². The summed E-state index contributed by atoms with van der Waals surface area (Å²) in [5.74, 6) is 0.381. The number of hydrogen-bond donors (Lipinski definition) is 0. The molecule has 34 heavy (non-hydrogen) atoms. The summed E-state index contributed by atoms with van der Waals surface area (Å²) in [5.41, 5.74) is 1.02. The molecule has 2 aromatic heterocycles. The van der Waals surface area contributed by atoms with E-state index in [0.29, 0.717) is 6.54 Å². The van der Waals surface area contributed by atoms with Crippen LogP contribution in [0.2, 0.25) is 0 Å². The Kier molecular flexibility index (Phi) is 6.77. The van der Waals surface area contributed by atoms with Gasteiger partial charge >= 0.3 is 0 Å². The third-order valence-electron chi connectivity index (χ3n) is 5.66. The highest BCUT2D eigenvalue weighted by Gasteiger charge is 2.27. The maximum atomic E-state index is 13.8. The van der Waals surface area contributed by atoms with Crippen molar-refractivity contribution in [2.24, 2.45) is 0 Å². The van der Waals surface area contributed by atoms with Crippen molar-refractivity contribution >= 4 is 39.2 Å². The van der Waals surface area contributed by atoms with Gasteiger partial charge in [-0.15, -0.1) is 21.5 Å². The van der Waals surface area contributed by atoms with Crippen LogP contribution in [-0.4, -0.2) is 44.8 Å². The second kappa shape index (κ2) is 10.1. The van der Waals surface area contributed by atoms with Gasteiger partial charge in [0.15, 0.2) is 17.7 Å². The Morgan fingerprint density at radius 2 is 2.09 bits per heavy atom. The molecule has 2 aromatic carbocycles. The van der Waals surface area contributed by atoms with Crippen LogP contribution in [0, 0.1) is 5.82 Å². The van der Waals surface area contributed by atoms with Crippen molar-refractivity contribution in [3.05, 3.63) is 65.2 Å². The quantitative estimate of drug-likeness (QED) is 0.313. The number of hydrogen-bond acceptors (Lipinski definition) is 8. The largest absolute Gasteiger partial charge is 0.478 e. The van der Waals surface area contributed by atoms with Gasteiger partial charge in [-0.3, -0.25) is 4.79 Å². The molecule has 0 spiro atoms. The lowest BCUT2D eigenvalue weighted by Crippen LogP contribution is -2.40. The molecule has 0 radical (unpaired) electrons. The van der Waals surface area contributed by atoms with Gasteiger partial charge in [0, 0.05) is 19.0 Å². The van der Waals surface area contributed by atoms with E-state index in [9.17, 15) is 9.18 Å². The number of carbonyl (C=O) groups excluding carboxylic acids is 1. The number of amides is 1. The fourth-order valence-corrected chi connectivity index (χ4v) is 5.67. The van der Waals surface area contributed by atoms with Crippen molar-refractivity contribution < 1.29 is 18.3 Å². The van der Waals surface area contributed by atoms with Crippen molar-refractivity contribution in [2.75, 3.05) is 18.8 Å². The lowest BCUT2D eigenvalue weighted by atomic mass is 9.99. The van der Waals surface area contributed by atoms with Crippen LogP contribution in [0.25, 0.3) is 10.2 Å². The van der Waals surface area contributed by atoms with Crippen molar-refractivity contribution in [3.8, 4) is 5.75 Å². The zero-order chi connectivity index (χ0) is 23.5. The van der Waals surface area contributed by atoms with Gasteiger partial charge in [0.05, 0.1) is 21.0 Å². The first-order chi connectivity index (χ1) is 16.6. The van der Waals surface area contributed by atoms with Crippen LogP contribution in [0.1, 0.15) is 42.7 Å². The van der Waals surface area contributed by atoms with Gasteiger partial charge in [0.2, 0.25) is 5.91 Å². The van der Waals surface area contributed by atoms with Gasteiger partial charge in [0.25, 0.3) is 11.1 Å². The van der Waals surface area contributed by atoms with Crippen LogP contribution < -0.4 is 4.74 Å². The van der Waals surface area contributed by atoms with Crippen LogP contribution >= 0.6 is 23.1 Å². The molecule has 0 bridgehead atoms. The SMILES string of the molecule is C[C@@H](Oc1ccccc1F)c1nnc(SCC(=O)N2CCC[C@H](c3nc4ccccc4s3)C2)o1. The number of nitrogens with zero attached hydrogens (tertiary/aromatic N) is 4. The molecule has 1 amide bonds. The molecule has 0 aliphatic carbocycles. The van der Waals surface area contributed by atoms with Gasteiger partial charge in [-0.05, 0) is 44.0 Å². The van der Waals surface area contributed by atoms with E-state index in [1.54, 1.807) is 30.4 Å². The van der Waals surface area contributed by atoms with Gasteiger partial charge in [-0.25, -0.2) is 9.37 Å². The fourth-order valence-electron chi connectivity index (χ4n) is 3.91. The molecule has 1 fully saturated rings. The maximum absolute atomic E-state index is 13.8. The smallest absolute Gasteiger partial charge is 0.277 e. The lowest BCUT2D eigenvalue weighted by Gasteiger charge is -2.31. The van der Waals surface area contributed by atoms with Gasteiger partial charge < -0.3 is 14.1 Å². The number of piperidine rings is 1. The number of carbonyl (C=O) groups is 1. The van der Waals surface area contributed by atoms with Crippen LogP contribution in [0.4, 0.5) is 4.39 Å². The minimum Gasteiger partial charge on any atom is -0.478 e. The van der Waals surface area contributed by atoms with Crippen LogP contribution in [0.15, 0.2) is 58.2 Å². The Hall–Kier alpha value is -2.98. The molecule has 5 rings (SSSR count). The highest BCUT2D eigenvalue weighted by atomic mass is 32.2.